The molecule has 4 nitrogen and oxygen atoms in total. The van der Waals surface area contributed by atoms with Crippen LogP contribution in [0.25, 0.3) is 0 Å². The molecule has 1 aromatic rings. The quantitative estimate of drug-likeness (QED) is 0.172. The number of phenolic OH excluding ortho intramolecular Hbond substituents is 1. The molecular formula is C21H32O4. The van der Waals surface area contributed by atoms with Gasteiger partial charge in [-0.25, -0.2) is 4.79 Å². The number of aromatic hydroxyl groups is 1. The summed E-state index contributed by atoms with van der Waals surface area (Å²) in [6.45, 7) is 6.37. The molecule has 0 saturated heterocycles. The molecule has 0 aliphatic heterocycles. The first-order valence-electron chi connectivity index (χ1n) is 9.42. The third-order valence-corrected chi connectivity index (χ3v) is 4.12. The lowest BCUT2D eigenvalue weighted by Crippen LogP contribution is -2.13. The van der Waals surface area contributed by atoms with E-state index in [-0.39, 0.29) is 11.5 Å². The van der Waals surface area contributed by atoms with Crippen molar-refractivity contribution < 1.29 is 19.4 Å². The van der Waals surface area contributed by atoms with Gasteiger partial charge in [-0.2, -0.15) is 0 Å². The lowest BCUT2D eigenvalue weighted by molar-refractivity contribution is -0.130. The second kappa shape index (κ2) is 12.4. The van der Waals surface area contributed by atoms with Gasteiger partial charge in [0.2, 0.25) is 0 Å². The van der Waals surface area contributed by atoms with Crippen LogP contribution in [0.2, 0.25) is 0 Å². The van der Waals surface area contributed by atoms with Crippen LogP contribution in [-0.2, 0) is 9.53 Å². The number of rotatable bonds is 12. The summed E-state index contributed by atoms with van der Waals surface area (Å²) in [6, 6.07) is 6.45. The van der Waals surface area contributed by atoms with Gasteiger partial charge < -0.3 is 14.6 Å². The number of phenols is 1. The molecule has 0 aromatic heterocycles. The number of para-hydroxylation sites is 2. The van der Waals surface area contributed by atoms with Crippen molar-refractivity contribution in [3.8, 4) is 11.5 Å². The fraction of sp³-hybridized carbons (Fsp3) is 0.571. The van der Waals surface area contributed by atoms with E-state index < -0.39 is 5.97 Å². The Morgan fingerprint density at radius 2 is 1.64 bits per heavy atom. The second-order valence-corrected chi connectivity index (χ2v) is 6.21. The molecule has 0 heterocycles. The van der Waals surface area contributed by atoms with Crippen molar-refractivity contribution in [2.24, 2.45) is 0 Å². The van der Waals surface area contributed by atoms with Crippen molar-refractivity contribution in [2.45, 2.75) is 72.1 Å². The Hall–Kier alpha value is -1.97. The summed E-state index contributed by atoms with van der Waals surface area (Å²) in [7, 11) is 0. The van der Waals surface area contributed by atoms with Crippen LogP contribution in [0, 0.1) is 0 Å². The van der Waals surface area contributed by atoms with Crippen LogP contribution in [0.15, 0.2) is 35.6 Å². The largest absolute Gasteiger partial charge is 0.504 e. The topological polar surface area (TPSA) is 55.8 Å². The van der Waals surface area contributed by atoms with Gasteiger partial charge in [0, 0.05) is 6.42 Å². The highest BCUT2D eigenvalue weighted by Crippen LogP contribution is 2.26. The average molecular weight is 348 g/mol. The number of carbonyl (C=O) groups excluding carboxylic acids is 1. The van der Waals surface area contributed by atoms with Crippen molar-refractivity contribution >= 4 is 5.97 Å². The highest BCUT2D eigenvalue weighted by atomic mass is 16.5. The molecule has 0 bridgehead atoms. The molecule has 1 aromatic carbocycles. The predicted octanol–water partition coefficient (Wildman–Crippen LogP) is 5.75. The van der Waals surface area contributed by atoms with Gasteiger partial charge in [0.15, 0.2) is 11.5 Å². The molecule has 0 atom stereocenters. The Morgan fingerprint density at radius 3 is 2.28 bits per heavy atom. The van der Waals surface area contributed by atoms with Gasteiger partial charge in [-0.3, -0.25) is 0 Å². The average Bonchev–Trinajstić information content (AvgIpc) is 2.61. The molecule has 0 amide bonds. The first kappa shape index (κ1) is 21.1. The van der Waals surface area contributed by atoms with E-state index in [9.17, 15) is 9.90 Å². The molecule has 0 radical (unpaired) electrons. The molecule has 0 spiro atoms. The van der Waals surface area contributed by atoms with Crippen LogP contribution in [0.4, 0.5) is 0 Å². The predicted molar refractivity (Wildman–Crippen MR) is 101 cm³/mol. The first-order valence-corrected chi connectivity index (χ1v) is 9.42. The van der Waals surface area contributed by atoms with Crippen LogP contribution in [-0.4, -0.2) is 17.7 Å². The smallest absolute Gasteiger partial charge is 0.342 e. The molecule has 0 saturated carbocycles. The van der Waals surface area contributed by atoms with E-state index in [1.807, 2.05) is 6.92 Å². The summed E-state index contributed by atoms with van der Waals surface area (Å²) >= 11 is 0. The standard InChI is InChI=1S/C21H32O4/c1-4-6-7-8-9-10-11-15-19(24-5-2)17(3)21(23)25-20-16-13-12-14-18(20)22/h12-14,16,22H,4-11,15H2,1-3H3/b19-17-. The van der Waals surface area contributed by atoms with Crippen LogP contribution >= 0.6 is 0 Å². The summed E-state index contributed by atoms with van der Waals surface area (Å²) < 4.78 is 10.9. The van der Waals surface area contributed by atoms with Gasteiger partial charge >= 0.3 is 5.97 Å². The van der Waals surface area contributed by atoms with Crippen molar-refractivity contribution in [1.82, 2.24) is 0 Å². The number of benzene rings is 1. The van der Waals surface area contributed by atoms with E-state index in [0.717, 1.165) is 19.3 Å². The normalized spacial score (nSPS) is 11.8. The van der Waals surface area contributed by atoms with E-state index in [1.54, 1.807) is 25.1 Å². The molecule has 1 rings (SSSR count). The second-order valence-electron chi connectivity index (χ2n) is 6.21. The molecule has 4 heteroatoms. The molecule has 1 N–H and O–H groups in total. The van der Waals surface area contributed by atoms with Gasteiger partial charge in [0.25, 0.3) is 0 Å². The fourth-order valence-electron chi connectivity index (χ4n) is 2.62. The van der Waals surface area contributed by atoms with E-state index in [1.165, 1.54) is 38.2 Å². The van der Waals surface area contributed by atoms with E-state index >= 15 is 0 Å². The van der Waals surface area contributed by atoms with Gasteiger partial charge in [0.05, 0.1) is 12.2 Å². The Morgan fingerprint density at radius 1 is 1.00 bits per heavy atom. The zero-order chi connectivity index (χ0) is 18.5. The lowest BCUT2D eigenvalue weighted by atomic mass is 10.1. The number of unbranched alkanes of at least 4 members (excludes halogenated alkanes) is 6. The number of carbonyl (C=O) groups is 1. The van der Waals surface area contributed by atoms with Gasteiger partial charge in [0.1, 0.15) is 5.76 Å². The number of allylic oxidation sites excluding steroid dienone is 1. The lowest BCUT2D eigenvalue weighted by Gasteiger charge is -2.13. The zero-order valence-corrected chi connectivity index (χ0v) is 15.8. The van der Waals surface area contributed by atoms with Gasteiger partial charge in [-0.05, 0) is 32.4 Å². The van der Waals surface area contributed by atoms with Gasteiger partial charge in [-0.1, -0.05) is 57.6 Å². The molecule has 0 aliphatic rings. The number of ether oxygens (including phenoxy) is 2. The van der Waals surface area contributed by atoms with E-state index in [0.29, 0.717) is 17.9 Å². The van der Waals surface area contributed by atoms with E-state index in [4.69, 9.17) is 9.47 Å². The monoisotopic (exact) mass is 348 g/mol. The summed E-state index contributed by atoms with van der Waals surface area (Å²) in [5.74, 6) is 0.330. The van der Waals surface area contributed by atoms with Crippen LogP contribution < -0.4 is 4.74 Å². The minimum atomic E-state index is -0.479. The summed E-state index contributed by atoms with van der Waals surface area (Å²) in [6.07, 6.45) is 9.25. The van der Waals surface area contributed by atoms with Crippen molar-refractivity contribution in [3.05, 3.63) is 35.6 Å². The minimum absolute atomic E-state index is 0.0475. The molecular weight excluding hydrogens is 316 g/mol. The van der Waals surface area contributed by atoms with Crippen molar-refractivity contribution in [2.75, 3.05) is 6.61 Å². The Labute approximate surface area is 151 Å². The highest BCUT2D eigenvalue weighted by molar-refractivity contribution is 5.90. The number of esters is 1. The summed E-state index contributed by atoms with van der Waals surface area (Å²) in [4.78, 5) is 12.3. The SMILES string of the molecule is CCCCCCCCC/C(OCC)=C(\C)C(=O)Oc1ccccc1O. The van der Waals surface area contributed by atoms with Crippen LogP contribution in [0.1, 0.15) is 72.1 Å². The molecule has 0 unspecified atom stereocenters. The third kappa shape index (κ3) is 8.10. The molecule has 25 heavy (non-hydrogen) atoms. The number of hydrogen-bond donors (Lipinski definition) is 1. The molecule has 0 aliphatic carbocycles. The maximum Gasteiger partial charge on any atom is 0.342 e. The van der Waals surface area contributed by atoms with Crippen molar-refractivity contribution in [1.29, 1.82) is 0 Å². The number of hydrogen-bond acceptors (Lipinski definition) is 4. The summed E-state index contributed by atoms with van der Waals surface area (Å²) in [5.41, 5.74) is 0.469. The summed E-state index contributed by atoms with van der Waals surface area (Å²) in [5, 5.41) is 9.72. The maximum absolute atomic E-state index is 12.3. The van der Waals surface area contributed by atoms with Crippen molar-refractivity contribution in [3.63, 3.8) is 0 Å². The first-order chi connectivity index (χ1) is 12.1. The maximum atomic E-state index is 12.3. The Kier molecular flexibility index (Phi) is 10.5. The minimum Gasteiger partial charge on any atom is -0.504 e. The van der Waals surface area contributed by atoms with E-state index in [2.05, 4.69) is 6.92 Å². The van der Waals surface area contributed by atoms with Crippen LogP contribution in [0.3, 0.4) is 0 Å². The molecule has 140 valence electrons. The molecule has 0 fully saturated rings. The zero-order valence-electron chi connectivity index (χ0n) is 15.8. The Balaban J connectivity index is 2.55. The van der Waals surface area contributed by atoms with Crippen LogP contribution in [0.5, 0.6) is 11.5 Å². The third-order valence-electron chi connectivity index (χ3n) is 4.12. The Bertz CT molecular complexity index is 549. The fourth-order valence-corrected chi connectivity index (χ4v) is 2.62. The highest BCUT2D eigenvalue weighted by Gasteiger charge is 2.16. The van der Waals surface area contributed by atoms with Gasteiger partial charge in [-0.15, -0.1) is 0 Å².